The first-order valence-electron chi connectivity index (χ1n) is 9.18. The second kappa shape index (κ2) is 7.44. The van der Waals surface area contributed by atoms with E-state index in [-0.39, 0.29) is 11.4 Å². The van der Waals surface area contributed by atoms with Crippen LogP contribution in [0, 0.1) is 0 Å². The van der Waals surface area contributed by atoms with Crippen LogP contribution in [0.15, 0.2) is 47.3 Å². The number of aromatic amines is 1. The van der Waals surface area contributed by atoms with Crippen molar-refractivity contribution in [1.29, 1.82) is 0 Å². The summed E-state index contributed by atoms with van der Waals surface area (Å²) in [4.78, 5) is 19.6. The molecule has 2 aromatic carbocycles. The summed E-state index contributed by atoms with van der Waals surface area (Å²) in [5.74, 6) is 0.152. The number of anilines is 1. The maximum absolute atomic E-state index is 12.9. The topological polar surface area (TPSA) is 64.5 Å². The van der Waals surface area contributed by atoms with Gasteiger partial charge in [-0.1, -0.05) is 12.1 Å². The summed E-state index contributed by atoms with van der Waals surface area (Å²) in [6, 6.07) is 12.5. The van der Waals surface area contributed by atoms with Crippen molar-refractivity contribution in [3.8, 4) is 5.75 Å². The van der Waals surface area contributed by atoms with E-state index in [0.29, 0.717) is 12.1 Å². The van der Waals surface area contributed by atoms with E-state index in [1.54, 1.807) is 28.8 Å². The number of hydrogen-bond donors (Lipinski definition) is 2. The normalized spacial score (nSPS) is 15.5. The Morgan fingerprint density at radius 2 is 1.85 bits per heavy atom. The summed E-state index contributed by atoms with van der Waals surface area (Å²) in [6.07, 6.45) is 0. The number of nitrogens with one attached hydrogen (secondary N) is 1. The number of rotatable bonds is 5. The molecule has 4 rings (SSSR count). The SMILES string of the molecule is O=c1[nH]c2ccc(O)cc2n1CCN1CCN(c2cccc(CF)c2)CC1. The first-order valence-corrected chi connectivity index (χ1v) is 9.18. The monoisotopic (exact) mass is 370 g/mol. The number of piperazine rings is 1. The number of hydrogen-bond acceptors (Lipinski definition) is 4. The van der Waals surface area contributed by atoms with E-state index in [1.807, 2.05) is 18.2 Å². The van der Waals surface area contributed by atoms with Crippen molar-refractivity contribution in [1.82, 2.24) is 14.5 Å². The lowest BCUT2D eigenvalue weighted by Gasteiger charge is -2.36. The molecule has 0 radical (unpaired) electrons. The van der Waals surface area contributed by atoms with Gasteiger partial charge in [-0.3, -0.25) is 9.47 Å². The fourth-order valence-corrected chi connectivity index (χ4v) is 3.67. The lowest BCUT2D eigenvalue weighted by atomic mass is 10.2. The van der Waals surface area contributed by atoms with Gasteiger partial charge in [0.15, 0.2) is 0 Å². The first-order chi connectivity index (χ1) is 13.1. The molecule has 27 heavy (non-hydrogen) atoms. The molecular formula is C20H23FN4O2. The second-order valence-electron chi connectivity index (χ2n) is 6.92. The molecule has 7 heteroatoms. The molecule has 0 saturated carbocycles. The molecule has 142 valence electrons. The Morgan fingerprint density at radius 3 is 2.63 bits per heavy atom. The third-order valence-corrected chi connectivity index (χ3v) is 5.20. The number of alkyl halides is 1. The van der Waals surface area contributed by atoms with Crippen LogP contribution in [0.5, 0.6) is 5.75 Å². The van der Waals surface area contributed by atoms with Crippen molar-refractivity contribution >= 4 is 16.7 Å². The van der Waals surface area contributed by atoms with Gasteiger partial charge in [0.2, 0.25) is 0 Å². The van der Waals surface area contributed by atoms with Gasteiger partial charge in [0.05, 0.1) is 11.0 Å². The molecular weight excluding hydrogens is 347 g/mol. The first kappa shape index (κ1) is 17.6. The maximum atomic E-state index is 12.9. The lowest BCUT2D eigenvalue weighted by molar-refractivity contribution is 0.248. The van der Waals surface area contributed by atoms with Crippen LogP contribution in [-0.2, 0) is 13.2 Å². The Kier molecular flexibility index (Phi) is 4.85. The fourth-order valence-electron chi connectivity index (χ4n) is 3.67. The predicted octanol–water partition coefficient (Wildman–Crippen LogP) is 2.33. The summed E-state index contributed by atoms with van der Waals surface area (Å²) in [6.45, 7) is 4.42. The van der Waals surface area contributed by atoms with E-state index in [9.17, 15) is 14.3 Å². The molecule has 0 bridgehead atoms. The minimum Gasteiger partial charge on any atom is -0.508 e. The number of phenolic OH excluding ortho intramolecular Hbond substituents is 1. The fraction of sp³-hybridized carbons (Fsp3) is 0.350. The molecule has 2 heterocycles. The lowest BCUT2D eigenvalue weighted by Crippen LogP contribution is -2.47. The molecule has 6 nitrogen and oxygen atoms in total. The van der Waals surface area contributed by atoms with Crippen LogP contribution in [-0.4, -0.2) is 52.3 Å². The Hall–Kier alpha value is -2.80. The second-order valence-corrected chi connectivity index (χ2v) is 6.92. The van der Waals surface area contributed by atoms with Crippen molar-refractivity contribution in [3.63, 3.8) is 0 Å². The van der Waals surface area contributed by atoms with Crippen LogP contribution in [0.1, 0.15) is 5.56 Å². The van der Waals surface area contributed by atoms with Crippen molar-refractivity contribution in [2.24, 2.45) is 0 Å². The van der Waals surface area contributed by atoms with Gasteiger partial charge in [-0.15, -0.1) is 0 Å². The van der Waals surface area contributed by atoms with E-state index >= 15 is 0 Å². The van der Waals surface area contributed by atoms with Crippen LogP contribution >= 0.6 is 0 Å². The number of imidazole rings is 1. The molecule has 1 saturated heterocycles. The molecule has 3 aromatic rings. The maximum Gasteiger partial charge on any atom is 0.326 e. The zero-order valence-electron chi connectivity index (χ0n) is 15.1. The molecule has 1 aromatic heterocycles. The molecule has 0 spiro atoms. The van der Waals surface area contributed by atoms with Crippen molar-refractivity contribution in [3.05, 3.63) is 58.5 Å². The molecule has 1 fully saturated rings. The van der Waals surface area contributed by atoms with Crippen LogP contribution in [0.25, 0.3) is 11.0 Å². The number of halogens is 1. The summed E-state index contributed by atoms with van der Waals surface area (Å²) in [5, 5.41) is 9.69. The van der Waals surface area contributed by atoms with Gasteiger partial charge < -0.3 is 15.0 Å². The van der Waals surface area contributed by atoms with Crippen LogP contribution in [0.3, 0.4) is 0 Å². The van der Waals surface area contributed by atoms with Gasteiger partial charge in [0, 0.05) is 51.0 Å². The van der Waals surface area contributed by atoms with E-state index in [0.717, 1.165) is 49.4 Å². The number of benzene rings is 2. The van der Waals surface area contributed by atoms with Crippen molar-refractivity contribution in [2.75, 3.05) is 37.6 Å². The quantitative estimate of drug-likeness (QED) is 0.724. The van der Waals surface area contributed by atoms with Gasteiger partial charge in [0.1, 0.15) is 12.4 Å². The summed E-state index contributed by atoms with van der Waals surface area (Å²) in [7, 11) is 0. The number of aromatic hydroxyl groups is 1. The molecule has 0 unspecified atom stereocenters. The average Bonchev–Trinajstić information content (AvgIpc) is 3.01. The van der Waals surface area contributed by atoms with E-state index in [2.05, 4.69) is 14.8 Å². The number of phenols is 1. The molecule has 0 amide bonds. The Labute approximate surface area is 156 Å². The minimum atomic E-state index is -0.442. The Balaban J connectivity index is 1.38. The van der Waals surface area contributed by atoms with Crippen LogP contribution in [0.2, 0.25) is 0 Å². The predicted molar refractivity (Wildman–Crippen MR) is 104 cm³/mol. The Morgan fingerprint density at radius 1 is 1.04 bits per heavy atom. The Bertz CT molecular complexity index is 989. The standard InChI is InChI=1S/C20H23FN4O2/c21-14-15-2-1-3-16(12-15)24-9-6-23(7-10-24)8-11-25-19-13-17(26)4-5-18(19)22-20(25)27/h1-5,12-13,26H,6-11,14H2,(H,22,27). The summed E-state index contributed by atoms with van der Waals surface area (Å²) < 4.78 is 14.5. The van der Waals surface area contributed by atoms with Crippen molar-refractivity contribution < 1.29 is 9.50 Å². The third-order valence-electron chi connectivity index (χ3n) is 5.20. The van der Waals surface area contributed by atoms with Gasteiger partial charge in [-0.05, 0) is 29.8 Å². The van der Waals surface area contributed by atoms with E-state index in [1.165, 1.54) is 0 Å². The van der Waals surface area contributed by atoms with Gasteiger partial charge >= 0.3 is 5.69 Å². The summed E-state index contributed by atoms with van der Waals surface area (Å²) in [5.41, 5.74) is 3.07. The van der Waals surface area contributed by atoms with Gasteiger partial charge in [0.25, 0.3) is 0 Å². The van der Waals surface area contributed by atoms with E-state index in [4.69, 9.17) is 0 Å². The molecule has 1 aliphatic heterocycles. The highest BCUT2D eigenvalue weighted by Gasteiger charge is 2.18. The third kappa shape index (κ3) is 3.68. The van der Waals surface area contributed by atoms with Crippen LogP contribution < -0.4 is 10.6 Å². The number of nitrogens with zero attached hydrogens (tertiary/aromatic N) is 3. The highest BCUT2D eigenvalue weighted by atomic mass is 19.1. The number of aromatic nitrogens is 2. The summed E-state index contributed by atoms with van der Waals surface area (Å²) >= 11 is 0. The molecule has 0 aliphatic carbocycles. The van der Waals surface area contributed by atoms with Crippen molar-refractivity contribution in [2.45, 2.75) is 13.2 Å². The highest BCUT2D eigenvalue weighted by Crippen LogP contribution is 2.20. The smallest absolute Gasteiger partial charge is 0.326 e. The number of fused-ring (bicyclic) bond motifs is 1. The molecule has 1 aliphatic rings. The molecule has 2 N–H and O–H groups in total. The molecule has 0 atom stereocenters. The van der Waals surface area contributed by atoms with Gasteiger partial charge in [-0.25, -0.2) is 9.18 Å². The average molecular weight is 370 g/mol. The van der Waals surface area contributed by atoms with Crippen LogP contribution in [0.4, 0.5) is 10.1 Å². The van der Waals surface area contributed by atoms with E-state index < -0.39 is 6.67 Å². The zero-order valence-corrected chi connectivity index (χ0v) is 15.1. The van der Waals surface area contributed by atoms with Gasteiger partial charge in [-0.2, -0.15) is 0 Å². The minimum absolute atomic E-state index is 0.152. The number of H-pyrrole nitrogens is 1. The largest absolute Gasteiger partial charge is 0.508 e. The highest BCUT2D eigenvalue weighted by molar-refractivity contribution is 5.76. The zero-order chi connectivity index (χ0) is 18.8.